The van der Waals surface area contributed by atoms with Gasteiger partial charge in [0.2, 0.25) is 5.91 Å². The van der Waals surface area contributed by atoms with E-state index in [2.05, 4.69) is 86.8 Å². The van der Waals surface area contributed by atoms with Crippen molar-refractivity contribution in [3.05, 3.63) is 101 Å². The molecule has 0 aliphatic carbocycles. The Morgan fingerprint density at radius 3 is 1.69 bits per heavy atom. The van der Waals surface area contributed by atoms with Crippen LogP contribution < -0.4 is 15.9 Å². The minimum Gasteiger partial charge on any atom is -0.394 e. The van der Waals surface area contributed by atoms with E-state index in [-0.39, 0.29) is 16.8 Å². The van der Waals surface area contributed by atoms with Crippen LogP contribution in [0.25, 0.3) is 0 Å². The molecule has 0 fully saturated rings. The molecule has 45 heavy (non-hydrogen) atoms. The van der Waals surface area contributed by atoms with Gasteiger partial charge in [0.25, 0.3) is 5.69 Å². The third-order valence-corrected chi connectivity index (χ3v) is 14.4. The van der Waals surface area contributed by atoms with Crippen molar-refractivity contribution in [3.8, 4) is 0 Å². The lowest BCUT2D eigenvalue weighted by atomic mass is 10.0. The predicted octanol–water partition coefficient (Wildman–Crippen LogP) is 7.47. The Bertz CT molecular complexity index is 1260. The normalized spacial score (nSPS) is 13.3. The Hall–Kier alpha value is -3.12. The van der Waals surface area contributed by atoms with Gasteiger partial charge in [0, 0.05) is 18.6 Å². The quantitative estimate of drug-likeness (QED) is 0.0547. The van der Waals surface area contributed by atoms with Crippen molar-refractivity contribution in [2.45, 2.75) is 102 Å². The molecule has 3 rings (SSSR count). The Kier molecular flexibility index (Phi) is 14.6. The molecule has 0 aliphatic heterocycles. The van der Waals surface area contributed by atoms with Crippen LogP contribution in [0.15, 0.2) is 84.9 Å². The number of non-ortho nitro benzene ring substituents is 1. The number of nitro benzene ring substituents is 1. The summed E-state index contributed by atoms with van der Waals surface area (Å²) in [7, 11) is -1.59. The Balaban J connectivity index is 1.33. The zero-order valence-corrected chi connectivity index (χ0v) is 28.1. The van der Waals surface area contributed by atoms with Crippen molar-refractivity contribution < 1.29 is 19.9 Å². The van der Waals surface area contributed by atoms with Crippen LogP contribution in [-0.2, 0) is 4.79 Å². The maximum Gasteiger partial charge on any atom is 0.269 e. The van der Waals surface area contributed by atoms with E-state index in [1.54, 1.807) is 0 Å². The lowest BCUT2D eigenvalue weighted by molar-refractivity contribution is -0.384. The molecule has 1 amide bonds. The SMILES string of the molecule is CC(C)(C)[P+](CCCCCCCCCCCC(=O)N[C@H](CO)[C@H](O)c1ccc([N+](=O)[O-])cc1)(c1ccccc1)c1ccccc1. The summed E-state index contributed by atoms with van der Waals surface area (Å²) in [5.74, 6) is -0.213. The number of aliphatic hydroxyl groups excluding tert-OH is 2. The van der Waals surface area contributed by atoms with Crippen LogP contribution in [0.1, 0.15) is 96.6 Å². The van der Waals surface area contributed by atoms with Crippen molar-refractivity contribution in [2.24, 2.45) is 0 Å². The first-order valence-electron chi connectivity index (χ1n) is 16.4. The van der Waals surface area contributed by atoms with Gasteiger partial charge in [0.05, 0.1) is 46.8 Å². The predicted molar refractivity (Wildman–Crippen MR) is 187 cm³/mol. The lowest BCUT2D eigenvalue weighted by Crippen LogP contribution is -2.41. The van der Waals surface area contributed by atoms with E-state index >= 15 is 0 Å². The fourth-order valence-corrected chi connectivity index (χ4v) is 11.4. The van der Waals surface area contributed by atoms with Crippen molar-refractivity contribution in [3.63, 3.8) is 0 Å². The topological polar surface area (TPSA) is 113 Å². The number of rotatable bonds is 19. The summed E-state index contributed by atoms with van der Waals surface area (Å²) in [6, 6.07) is 26.9. The monoisotopic (exact) mass is 635 g/mol. The minimum absolute atomic E-state index is 0.0819. The molecule has 0 bridgehead atoms. The number of hydrogen-bond donors (Lipinski definition) is 3. The highest BCUT2D eigenvalue weighted by Crippen LogP contribution is 2.67. The Labute approximate surface area is 270 Å². The third kappa shape index (κ3) is 10.5. The molecule has 0 saturated carbocycles. The molecule has 0 aliphatic rings. The Morgan fingerprint density at radius 2 is 1.24 bits per heavy atom. The van der Waals surface area contributed by atoms with Crippen LogP contribution in [-0.4, -0.2) is 45.0 Å². The number of benzene rings is 3. The van der Waals surface area contributed by atoms with Gasteiger partial charge in [-0.2, -0.15) is 0 Å². The van der Waals surface area contributed by atoms with E-state index in [0.717, 1.165) is 25.7 Å². The summed E-state index contributed by atoms with van der Waals surface area (Å²) in [5.41, 5.74) is 0.323. The number of amides is 1. The van der Waals surface area contributed by atoms with Gasteiger partial charge in [0.15, 0.2) is 0 Å². The number of aliphatic hydroxyl groups is 2. The maximum absolute atomic E-state index is 12.4. The van der Waals surface area contributed by atoms with Crippen LogP contribution in [0.4, 0.5) is 5.69 Å². The average molecular weight is 636 g/mol. The summed E-state index contributed by atoms with van der Waals surface area (Å²) >= 11 is 0. The zero-order valence-electron chi connectivity index (χ0n) is 27.2. The van der Waals surface area contributed by atoms with Gasteiger partial charge in [-0.05, 0) is 82.0 Å². The molecular weight excluding hydrogens is 583 g/mol. The molecule has 0 spiro atoms. The highest BCUT2D eigenvalue weighted by atomic mass is 31.2. The van der Waals surface area contributed by atoms with Crippen LogP contribution in [0, 0.1) is 10.1 Å². The molecule has 2 atom stereocenters. The van der Waals surface area contributed by atoms with Crippen molar-refractivity contribution in [2.75, 3.05) is 12.8 Å². The molecule has 244 valence electrons. The number of unbranched alkanes of at least 4 members (excludes halogenated alkanes) is 8. The first-order chi connectivity index (χ1) is 21.6. The second-order valence-electron chi connectivity index (χ2n) is 13.0. The highest BCUT2D eigenvalue weighted by molar-refractivity contribution is 7.90. The second-order valence-corrected chi connectivity index (χ2v) is 17.4. The fourth-order valence-electron chi connectivity index (χ4n) is 6.28. The molecule has 0 aromatic heterocycles. The van der Waals surface area contributed by atoms with Crippen LogP contribution in [0.3, 0.4) is 0 Å². The van der Waals surface area contributed by atoms with Gasteiger partial charge in [0.1, 0.15) is 6.10 Å². The molecule has 3 aromatic rings. The summed E-state index contributed by atoms with van der Waals surface area (Å²) < 4.78 is 0. The van der Waals surface area contributed by atoms with Gasteiger partial charge < -0.3 is 15.5 Å². The van der Waals surface area contributed by atoms with Crippen molar-refractivity contribution >= 4 is 29.5 Å². The lowest BCUT2D eigenvalue weighted by Gasteiger charge is -2.38. The number of nitro groups is 1. The molecule has 3 aromatic carbocycles. The number of nitrogens with zero attached hydrogens (tertiary/aromatic N) is 1. The van der Waals surface area contributed by atoms with E-state index in [1.165, 1.54) is 73.1 Å². The molecule has 7 nitrogen and oxygen atoms in total. The second kappa shape index (κ2) is 18.1. The van der Waals surface area contributed by atoms with Crippen LogP contribution in [0.5, 0.6) is 0 Å². The number of carbonyl (C=O) groups is 1. The van der Waals surface area contributed by atoms with Crippen LogP contribution in [0.2, 0.25) is 0 Å². The molecule has 0 heterocycles. The van der Waals surface area contributed by atoms with Gasteiger partial charge >= 0.3 is 0 Å². The van der Waals surface area contributed by atoms with E-state index in [9.17, 15) is 25.1 Å². The number of hydrogen-bond acceptors (Lipinski definition) is 5. The molecule has 0 unspecified atom stereocenters. The smallest absolute Gasteiger partial charge is 0.269 e. The van der Waals surface area contributed by atoms with Gasteiger partial charge in [-0.1, -0.05) is 74.9 Å². The number of nitrogens with one attached hydrogen (secondary N) is 1. The van der Waals surface area contributed by atoms with Crippen molar-refractivity contribution in [1.29, 1.82) is 0 Å². The van der Waals surface area contributed by atoms with E-state index in [1.807, 2.05) is 0 Å². The van der Waals surface area contributed by atoms with Gasteiger partial charge in [-0.3, -0.25) is 14.9 Å². The summed E-state index contributed by atoms with van der Waals surface area (Å²) in [6.45, 7) is 6.82. The maximum atomic E-state index is 12.4. The summed E-state index contributed by atoms with van der Waals surface area (Å²) in [6.07, 6.45) is 10.6. The zero-order chi connectivity index (χ0) is 32.7. The first-order valence-corrected chi connectivity index (χ1v) is 18.4. The first kappa shape index (κ1) is 36.3. The van der Waals surface area contributed by atoms with E-state index in [0.29, 0.717) is 12.0 Å². The summed E-state index contributed by atoms with van der Waals surface area (Å²) in [5, 5.41) is 37.0. The third-order valence-electron chi connectivity index (χ3n) is 8.81. The standard InChI is InChI=1S/C37H51N2O5P/c1-37(2,3)45(32-19-13-11-14-20-32,33-21-15-12-16-22-33)28-18-10-8-6-4-5-7-9-17-23-35(41)38-34(29-40)36(42)30-24-26-31(27-25-30)39(43)44/h11-16,19-22,24-27,34,36,40,42H,4-10,17-18,23,28-29H2,1-3H3/p+1/t34-,36-/m1/s1. The minimum atomic E-state index is -1.59. The Morgan fingerprint density at radius 1 is 0.778 bits per heavy atom. The van der Waals surface area contributed by atoms with Crippen molar-refractivity contribution in [1.82, 2.24) is 5.32 Å². The van der Waals surface area contributed by atoms with Gasteiger partial charge in [-0.15, -0.1) is 0 Å². The highest BCUT2D eigenvalue weighted by Gasteiger charge is 2.52. The average Bonchev–Trinajstić information content (AvgIpc) is 3.04. The molecular formula is C37H52N2O5P+. The number of carbonyl (C=O) groups excluding carboxylic acids is 1. The molecule has 0 radical (unpaired) electrons. The van der Waals surface area contributed by atoms with Crippen LogP contribution >= 0.6 is 7.26 Å². The largest absolute Gasteiger partial charge is 0.394 e. The van der Waals surface area contributed by atoms with Gasteiger partial charge in [-0.25, -0.2) is 0 Å². The molecule has 3 N–H and O–H groups in total. The molecule has 0 saturated heterocycles. The fraction of sp³-hybridized carbons (Fsp3) is 0.486. The van der Waals surface area contributed by atoms with E-state index < -0.39 is 30.9 Å². The molecule has 8 heteroatoms. The van der Waals surface area contributed by atoms with E-state index in [4.69, 9.17) is 0 Å². The summed E-state index contributed by atoms with van der Waals surface area (Å²) in [4.78, 5) is 22.7.